The van der Waals surface area contributed by atoms with Crippen molar-refractivity contribution in [1.29, 1.82) is 0 Å². The van der Waals surface area contributed by atoms with E-state index in [1.54, 1.807) is 11.8 Å². The molecule has 1 aliphatic rings. The van der Waals surface area contributed by atoms with Crippen molar-refractivity contribution in [3.05, 3.63) is 35.9 Å². The molecule has 6 nitrogen and oxygen atoms in total. The maximum atomic E-state index is 12.8. The third-order valence-electron chi connectivity index (χ3n) is 4.42. The second kappa shape index (κ2) is 6.06. The zero-order chi connectivity index (χ0) is 16.4. The molecule has 0 aliphatic carbocycles. The fourth-order valence-electron chi connectivity index (χ4n) is 2.68. The van der Waals surface area contributed by atoms with Gasteiger partial charge in [0.1, 0.15) is 0 Å². The fourth-order valence-corrected chi connectivity index (χ4v) is 2.68. The van der Waals surface area contributed by atoms with Crippen LogP contribution in [-0.4, -0.2) is 52.8 Å². The van der Waals surface area contributed by atoms with Crippen molar-refractivity contribution in [2.45, 2.75) is 31.0 Å². The van der Waals surface area contributed by atoms with Crippen LogP contribution < -0.4 is 0 Å². The number of methoxy groups -OCH3 is 1. The van der Waals surface area contributed by atoms with E-state index in [0.29, 0.717) is 0 Å². The Bertz CT molecular complexity index is 551. The molecule has 22 heavy (non-hydrogen) atoms. The minimum Gasteiger partial charge on any atom is -0.479 e. The van der Waals surface area contributed by atoms with E-state index in [9.17, 15) is 14.7 Å². The van der Waals surface area contributed by atoms with Crippen LogP contribution in [0.15, 0.2) is 30.3 Å². The number of piperidine rings is 1. The van der Waals surface area contributed by atoms with Gasteiger partial charge in [0, 0.05) is 33.0 Å². The third kappa shape index (κ3) is 2.84. The van der Waals surface area contributed by atoms with Gasteiger partial charge in [0.15, 0.2) is 11.2 Å². The van der Waals surface area contributed by atoms with Crippen molar-refractivity contribution in [2.24, 2.45) is 0 Å². The molecule has 1 unspecified atom stereocenters. The lowest BCUT2D eigenvalue weighted by Gasteiger charge is -2.39. The number of amides is 1. The lowest BCUT2D eigenvalue weighted by molar-refractivity contribution is -0.170. The Morgan fingerprint density at radius 2 is 1.77 bits per heavy atom. The number of aliphatic hydroxyl groups is 1. The van der Waals surface area contributed by atoms with Crippen LogP contribution in [0.4, 0.5) is 0 Å². The lowest BCUT2D eigenvalue weighted by Crippen LogP contribution is -2.55. The van der Waals surface area contributed by atoms with Gasteiger partial charge in [-0.1, -0.05) is 30.3 Å². The van der Waals surface area contributed by atoms with Gasteiger partial charge in [-0.25, -0.2) is 4.79 Å². The average molecular weight is 307 g/mol. The maximum Gasteiger partial charge on any atom is 0.335 e. The number of nitrogens with zero attached hydrogens (tertiary/aromatic N) is 1. The first-order valence-electron chi connectivity index (χ1n) is 7.19. The molecule has 1 amide bonds. The molecular formula is C16H21NO5. The van der Waals surface area contributed by atoms with E-state index >= 15 is 0 Å². The normalized spacial score (nSPS) is 20.2. The Labute approximate surface area is 129 Å². The summed E-state index contributed by atoms with van der Waals surface area (Å²) in [6, 6.07) is 9.16. The van der Waals surface area contributed by atoms with Crippen LogP contribution in [0.2, 0.25) is 0 Å². The average Bonchev–Trinajstić information content (AvgIpc) is 2.55. The van der Waals surface area contributed by atoms with Crippen LogP contribution in [0, 0.1) is 0 Å². The minimum atomic E-state index is -1.74. The van der Waals surface area contributed by atoms with Gasteiger partial charge in [0.25, 0.3) is 5.91 Å². The van der Waals surface area contributed by atoms with Crippen molar-refractivity contribution in [2.75, 3.05) is 20.2 Å². The molecule has 1 aromatic carbocycles. The van der Waals surface area contributed by atoms with Gasteiger partial charge in [-0.3, -0.25) is 4.79 Å². The summed E-state index contributed by atoms with van der Waals surface area (Å²) in [5.41, 5.74) is -2.13. The summed E-state index contributed by atoms with van der Waals surface area (Å²) in [6.45, 7) is 2.07. The van der Waals surface area contributed by atoms with Crippen molar-refractivity contribution >= 4 is 11.9 Å². The molecule has 2 N–H and O–H groups in total. The van der Waals surface area contributed by atoms with E-state index in [4.69, 9.17) is 9.84 Å². The Kier molecular flexibility index (Phi) is 4.53. The first kappa shape index (κ1) is 16.5. The molecule has 1 aromatic rings. The Morgan fingerprint density at radius 1 is 1.23 bits per heavy atom. The topological polar surface area (TPSA) is 87.1 Å². The molecule has 1 saturated heterocycles. The number of likely N-dealkylation sites (tertiary alicyclic amines) is 1. The number of benzene rings is 1. The SMILES string of the molecule is COC(C)(C(=O)N1CCC(O)(C(=O)O)CC1)c1ccccc1. The van der Waals surface area contributed by atoms with Gasteiger partial charge >= 0.3 is 5.97 Å². The van der Waals surface area contributed by atoms with Gasteiger partial charge < -0.3 is 19.8 Å². The highest BCUT2D eigenvalue weighted by Crippen LogP contribution is 2.30. The third-order valence-corrected chi connectivity index (χ3v) is 4.42. The van der Waals surface area contributed by atoms with Crippen LogP contribution in [0.3, 0.4) is 0 Å². The van der Waals surface area contributed by atoms with Crippen LogP contribution >= 0.6 is 0 Å². The second-order valence-corrected chi connectivity index (χ2v) is 5.73. The summed E-state index contributed by atoms with van der Waals surface area (Å²) in [5.74, 6) is -1.47. The van der Waals surface area contributed by atoms with Crippen molar-refractivity contribution in [1.82, 2.24) is 4.90 Å². The molecule has 0 bridgehead atoms. The van der Waals surface area contributed by atoms with E-state index in [1.165, 1.54) is 7.11 Å². The van der Waals surface area contributed by atoms with Gasteiger partial charge in [-0.2, -0.15) is 0 Å². The standard InChI is InChI=1S/C16H21NO5/c1-15(22-2,12-6-4-3-5-7-12)13(18)17-10-8-16(21,9-11-17)14(19)20/h3-7,21H,8-11H2,1-2H3,(H,19,20). The van der Waals surface area contributed by atoms with Crippen LogP contribution in [0.25, 0.3) is 0 Å². The van der Waals surface area contributed by atoms with Crippen molar-refractivity contribution in [3.8, 4) is 0 Å². The number of rotatable bonds is 4. The molecule has 1 aliphatic heterocycles. The zero-order valence-corrected chi connectivity index (χ0v) is 12.8. The van der Waals surface area contributed by atoms with E-state index in [1.807, 2.05) is 30.3 Å². The Hall–Kier alpha value is -1.92. The number of hydrogen-bond donors (Lipinski definition) is 2. The smallest absolute Gasteiger partial charge is 0.335 e. The fraction of sp³-hybridized carbons (Fsp3) is 0.500. The van der Waals surface area contributed by atoms with Crippen LogP contribution in [0.5, 0.6) is 0 Å². The number of carbonyl (C=O) groups is 2. The molecule has 0 radical (unpaired) electrons. The van der Waals surface area contributed by atoms with E-state index in [-0.39, 0.29) is 31.8 Å². The number of carbonyl (C=O) groups excluding carboxylic acids is 1. The molecule has 0 saturated carbocycles. The number of ether oxygens (including phenoxy) is 1. The molecule has 120 valence electrons. The number of carboxylic acids is 1. The molecule has 6 heteroatoms. The second-order valence-electron chi connectivity index (χ2n) is 5.73. The van der Waals surface area contributed by atoms with Gasteiger partial charge in [-0.15, -0.1) is 0 Å². The monoisotopic (exact) mass is 307 g/mol. The lowest BCUT2D eigenvalue weighted by atomic mass is 9.89. The van der Waals surface area contributed by atoms with E-state index < -0.39 is 17.2 Å². The first-order valence-corrected chi connectivity index (χ1v) is 7.19. The minimum absolute atomic E-state index is 0.0165. The number of hydrogen-bond acceptors (Lipinski definition) is 4. The van der Waals surface area contributed by atoms with Crippen LogP contribution in [0.1, 0.15) is 25.3 Å². The summed E-state index contributed by atoms with van der Waals surface area (Å²) in [5, 5.41) is 19.0. The highest BCUT2D eigenvalue weighted by Gasteiger charge is 2.44. The highest BCUT2D eigenvalue weighted by molar-refractivity contribution is 5.87. The van der Waals surface area contributed by atoms with Crippen molar-refractivity contribution < 1.29 is 24.5 Å². The summed E-state index contributed by atoms with van der Waals surface area (Å²) < 4.78 is 5.47. The predicted molar refractivity (Wildman–Crippen MR) is 79.2 cm³/mol. The molecule has 0 spiro atoms. The number of aliphatic carboxylic acids is 1. The highest BCUT2D eigenvalue weighted by atomic mass is 16.5. The molecule has 1 heterocycles. The van der Waals surface area contributed by atoms with E-state index in [0.717, 1.165) is 5.56 Å². The maximum absolute atomic E-state index is 12.8. The molecule has 2 rings (SSSR count). The molecule has 1 atom stereocenters. The summed E-state index contributed by atoms with van der Waals surface area (Å²) >= 11 is 0. The summed E-state index contributed by atoms with van der Waals surface area (Å²) in [4.78, 5) is 25.4. The van der Waals surface area contributed by atoms with E-state index in [2.05, 4.69) is 0 Å². The largest absolute Gasteiger partial charge is 0.479 e. The van der Waals surface area contributed by atoms with Gasteiger partial charge in [0.05, 0.1) is 0 Å². The first-order chi connectivity index (χ1) is 10.3. The summed E-state index contributed by atoms with van der Waals surface area (Å²) in [7, 11) is 1.47. The molecule has 0 aromatic heterocycles. The van der Waals surface area contributed by atoms with Gasteiger partial charge in [-0.05, 0) is 12.5 Å². The Morgan fingerprint density at radius 3 is 2.23 bits per heavy atom. The van der Waals surface area contributed by atoms with Crippen LogP contribution in [-0.2, 0) is 19.9 Å². The predicted octanol–water partition coefficient (Wildman–Crippen LogP) is 0.986. The van der Waals surface area contributed by atoms with Crippen molar-refractivity contribution in [3.63, 3.8) is 0 Å². The quantitative estimate of drug-likeness (QED) is 0.866. The molecule has 1 fully saturated rings. The molecular weight excluding hydrogens is 286 g/mol. The zero-order valence-electron chi connectivity index (χ0n) is 12.8. The summed E-state index contributed by atoms with van der Waals surface area (Å²) in [6.07, 6.45) is 0.0331. The number of carboxylic acid groups (broad SMARTS) is 1. The van der Waals surface area contributed by atoms with Gasteiger partial charge in [0.2, 0.25) is 0 Å². The Balaban J connectivity index is 2.16.